The fourth-order valence-electron chi connectivity index (χ4n) is 3.52. The zero-order valence-electron chi connectivity index (χ0n) is 13.0. The van der Waals surface area contributed by atoms with Gasteiger partial charge in [-0.3, -0.25) is 0 Å². The molecule has 1 heterocycles. The molecule has 2 fully saturated rings. The predicted molar refractivity (Wildman–Crippen MR) is 83.2 cm³/mol. The lowest BCUT2D eigenvalue weighted by Crippen LogP contribution is -2.44. The third-order valence-electron chi connectivity index (χ3n) is 4.90. The summed E-state index contributed by atoms with van der Waals surface area (Å²) in [5.74, 6) is 1.36. The van der Waals surface area contributed by atoms with Gasteiger partial charge in [-0.25, -0.2) is 12.7 Å². The van der Waals surface area contributed by atoms with Gasteiger partial charge in [-0.2, -0.15) is 0 Å². The van der Waals surface area contributed by atoms with E-state index in [1.165, 1.54) is 38.4 Å². The molecule has 5 heteroatoms. The number of nitrogens with one attached hydrogen (secondary N) is 1. The summed E-state index contributed by atoms with van der Waals surface area (Å²) in [6.45, 7) is 4.74. The highest BCUT2D eigenvalue weighted by Gasteiger charge is 2.26. The van der Waals surface area contributed by atoms with Crippen molar-refractivity contribution in [2.24, 2.45) is 11.8 Å². The van der Waals surface area contributed by atoms with E-state index in [0.717, 1.165) is 25.3 Å². The number of sulfonamides is 1. The first-order chi connectivity index (χ1) is 9.45. The highest BCUT2D eigenvalue weighted by molar-refractivity contribution is 7.88. The van der Waals surface area contributed by atoms with E-state index in [9.17, 15) is 8.42 Å². The van der Waals surface area contributed by atoms with E-state index in [0.29, 0.717) is 25.0 Å². The summed E-state index contributed by atoms with van der Waals surface area (Å²) in [7, 11) is -3.01. The second-order valence-electron chi connectivity index (χ2n) is 6.85. The average Bonchev–Trinajstić information content (AvgIpc) is 2.61. The van der Waals surface area contributed by atoms with Crippen LogP contribution in [0.4, 0.5) is 0 Å². The second-order valence-corrected chi connectivity index (χ2v) is 8.83. The van der Waals surface area contributed by atoms with Crippen molar-refractivity contribution in [1.82, 2.24) is 9.62 Å². The molecule has 0 bridgehead atoms. The van der Waals surface area contributed by atoms with Crippen LogP contribution >= 0.6 is 0 Å². The van der Waals surface area contributed by atoms with Crippen molar-refractivity contribution in [2.75, 3.05) is 25.9 Å². The van der Waals surface area contributed by atoms with Crippen molar-refractivity contribution in [3.8, 4) is 0 Å². The Morgan fingerprint density at radius 2 is 1.90 bits per heavy atom. The zero-order chi connectivity index (χ0) is 14.6. The first-order valence-electron chi connectivity index (χ1n) is 8.13. The smallest absolute Gasteiger partial charge is 0.211 e. The predicted octanol–water partition coefficient (Wildman–Crippen LogP) is 2.22. The van der Waals surface area contributed by atoms with Crippen LogP contribution in [-0.4, -0.2) is 44.7 Å². The van der Waals surface area contributed by atoms with Crippen LogP contribution in [0.1, 0.15) is 51.9 Å². The van der Waals surface area contributed by atoms with Gasteiger partial charge in [0, 0.05) is 19.1 Å². The lowest BCUT2D eigenvalue weighted by molar-refractivity contribution is 0.252. The van der Waals surface area contributed by atoms with Crippen LogP contribution in [0.15, 0.2) is 0 Å². The lowest BCUT2D eigenvalue weighted by Gasteiger charge is -2.32. The van der Waals surface area contributed by atoms with Crippen LogP contribution in [0.25, 0.3) is 0 Å². The Hall–Kier alpha value is -0.130. The number of hydrogen-bond donors (Lipinski definition) is 1. The minimum absolute atomic E-state index is 0.485. The summed E-state index contributed by atoms with van der Waals surface area (Å²) in [6, 6.07) is 0.647. The van der Waals surface area contributed by atoms with E-state index >= 15 is 0 Å². The molecule has 0 aromatic rings. The van der Waals surface area contributed by atoms with Crippen LogP contribution in [0.5, 0.6) is 0 Å². The molecule has 1 saturated carbocycles. The number of piperidine rings is 1. The van der Waals surface area contributed by atoms with Crippen molar-refractivity contribution in [2.45, 2.75) is 57.9 Å². The fraction of sp³-hybridized carbons (Fsp3) is 1.00. The minimum atomic E-state index is -3.01. The summed E-state index contributed by atoms with van der Waals surface area (Å²) in [5, 5.41) is 3.70. The molecule has 3 unspecified atom stereocenters. The van der Waals surface area contributed by atoms with Crippen molar-refractivity contribution in [3.05, 3.63) is 0 Å². The van der Waals surface area contributed by atoms with Crippen molar-refractivity contribution >= 4 is 10.0 Å². The Bertz CT molecular complexity index is 397. The van der Waals surface area contributed by atoms with E-state index in [2.05, 4.69) is 12.2 Å². The van der Waals surface area contributed by atoms with Crippen molar-refractivity contribution in [1.29, 1.82) is 0 Å². The van der Waals surface area contributed by atoms with Gasteiger partial charge in [-0.05, 0) is 50.5 Å². The molecular weight excluding hydrogens is 272 g/mol. The standard InChI is InChI=1S/C15H30N2O2S/c1-13-5-3-7-15(9-8-13)16-11-14-6-4-10-17(12-14)20(2,18)19/h13-16H,3-12H2,1-2H3. The molecule has 4 nitrogen and oxygen atoms in total. The monoisotopic (exact) mass is 302 g/mol. The molecule has 2 rings (SSSR count). The summed E-state index contributed by atoms with van der Waals surface area (Å²) in [6.07, 6.45) is 10.1. The van der Waals surface area contributed by atoms with Crippen molar-refractivity contribution in [3.63, 3.8) is 0 Å². The molecule has 118 valence electrons. The first-order valence-corrected chi connectivity index (χ1v) is 9.98. The summed E-state index contributed by atoms with van der Waals surface area (Å²) >= 11 is 0. The van der Waals surface area contributed by atoms with Crippen LogP contribution in [-0.2, 0) is 10.0 Å². The SMILES string of the molecule is CC1CCCC(NCC2CCCN(S(C)(=O)=O)C2)CC1. The lowest BCUT2D eigenvalue weighted by atomic mass is 9.98. The molecule has 1 N–H and O–H groups in total. The van der Waals surface area contributed by atoms with Gasteiger partial charge in [0.1, 0.15) is 0 Å². The maximum absolute atomic E-state index is 11.6. The molecule has 0 amide bonds. The van der Waals surface area contributed by atoms with Crippen LogP contribution in [0.3, 0.4) is 0 Å². The van der Waals surface area contributed by atoms with Gasteiger partial charge in [0.15, 0.2) is 0 Å². The molecule has 1 aliphatic carbocycles. The van der Waals surface area contributed by atoms with E-state index in [-0.39, 0.29) is 0 Å². The average molecular weight is 302 g/mol. The molecule has 0 radical (unpaired) electrons. The quantitative estimate of drug-likeness (QED) is 0.810. The maximum atomic E-state index is 11.6. The molecule has 0 aromatic carbocycles. The largest absolute Gasteiger partial charge is 0.314 e. The molecule has 2 aliphatic rings. The minimum Gasteiger partial charge on any atom is -0.314 e. The molecule has 0 spiro atoms. The highest BCUT2D eigenvalue weighted by atomic mass is 32.2. The molecule has 1 aliphatic heterocycles. The highest BCUT2D eigenvalue weighted by Crippen LogP contribution is 2.23. The van der Waals surface area contributed by atoms with Gasteiger partial charge in [-0.15, -0.1) is 0 Å². The van der Waals surface area contributed by atoms with Crippen LogP contribution in [0, 0.1) is 11.8 Å². The van der Waals surface area contributed by atoms with E-state index in [1.807, 2.05) is 0 Å². The van der Waals surface area contributed by atoms with Gasteiger partial charge in [0.25, 0.3) is 0 Å². The molecule has 20 heavy (non-hydrogen) atoms. The maximum Gasteiger partial charge on any atom is 0.211 e. The van der Waals surface area contributed by atoms with Crippen molar-refractivity contribution < 1.29 is 8.42 Å². The van der Waals surface area contributed by atoms with Crippen LogP contribution < -0.4 is 5.32 Å². The van der Waals surface area contributed by atoms with Gasteiger partial charge >= 0.3 is 0 Å². The Kier molecular flexibility index (Phi) is 5.87. The third-order valence-corrected chi connectivity index (χ3v) is 6.17. The summed E-state index contributed by atoms with van der Waals surface area (Å²) < 4.78 is 24.9. The summed E-state index contributed by atoms with van der Waals surface area (Å²) in [5.41, 5.74) is 0. The fourth-order valence-corrected chi connectivity index (χ4v) is 4.46. The summed E-state index contributed by atoms with van der Waals surface area (Å²) in [4.78, 5) is 0. The molecule has 3 atom stereocenters. The molecular formula is C15H30N2O2S. The van der Waals surface area contributed by atoms with E-state index < -0.39 is 10.0 Å². The zero-order valence-corrected chi connectivity index (χ0v) is 13.8. The Morgan fingerprint density at radius 1 is 1.10 bits per heavy atom. The Morgan fingerprint density at radius 3 is 2.65 bits per heavy atom. The van der Waals surface area contributed by atoms with E-state index in [4.69, 9.17) is 0 Å². The van der Waals surface area contributed by atoms with Gasteiger partial charge < -0.3 is 5.32 Å². The number of rotatable bonds is 4. The topological polar surface area (TPSA) is 49.4 Å². The van der Waals surface area contributed by atoms with E-state index in [1.54, 1.807) is 4.31 Å². The van der Waals surface area contributed by atoms with Gasteiger partial charge in [0.2, 0.25) is 10.0 Å². The third kappa shape index (κ3) is 5.01. The Labute approximate surface area is 124 Å². The number of hydrogen-bond acceptors (Lipinski definition) is 3. The second kappa shape index (κ2) is 7.23. The molecule has 1 saturated heterocycles. The first kappa shape index (κ1) is 16.2. The molecule has 0 aromatic heterocycles. The van der Waals surface area contributed by atoms with Crippen LogP contribution in [0.2, 0.25) is 0 Å². The Balaban J connectivity index is 1.76. The van der Waals surface area contributed by atoms with Gasteiger partial charge in [0.05, 0.1) is 6.26 Å². The number of nitrogens with zero attached hydrogens (tertiary/aromatic N) is 1. The van der Waals surface area contributed by atoms with Gasteiger partial charge in [-0.1, -0.05) is 19.8 Å². The normalized spacial score (nSPS) is 33.8.